The number of hydrogen-bond acceptors (Lipinski definition) is 4. The summed E-state index contributed by atoms with van der Waals surface area (Å²) in [5.41, 5.74) is 3.32. The van der Waals surface area contributed by atoms with Gasteiger partial charge in [-0.3, -0.25) is 0 Å². The Morgan fingerprint density at radius 3 is 2.30 bits per heavy atom. The lowest BCUT2D eigenvalue weighted by atomic mass is 10.0. The summed E-state index contributed by atoms with van der Waals surface area (Å²) in [6, 6.07) is 13.2. The lowest BCUT2D eigenvalue weighted by Crippen LogP contribution is -2.20. The zero-order valence-corrected chi connectivity index (χ0v) is 15.4. The summed E-state index contributed by atoms with van der Waals surface area (Å²) in [5.74, 6) is -2.28. The molecule has 27 heavy (non-hydrogen) atoms. The number of carboxylic acids is 1. The highest BCUT2D eigenvalue weighted by atomic mass is 16.6. The van der Waals surface area contributed by atoms with Gasteiger partial charge in [-0.15, -0.1) is 6.58 Å². The Morgan fingerprint density at radius 1 is 1.07 bits per heavy atom. The maximum absolute atomic E-state index is 11.6. The van der Waals surface area contributed by atoms with Crippen molar-refractivity contribution in [2.24, 2.45) is 0 Å². The fourth-order valence-electron chi connectivity index (χ4n) is 2.49. The van der Waals surface area contributed by atoms with Crippen molar-refractivity contribution in [2.75, 3.05) is 7.11 Å². The number of rotatable bonds is 7. The molecule has 5 heteroatoms. The van der Waals surface area contributed by atoms with Crippen molar-refractivity contribution in [3.05, 3.63) is 71.3 Å². The van der Waals surface area contributed by atoms with Gasteiger partial charge >= 0.3 is 11.9 Å². The minimum absolute atomic E-state index is 0.177. The van der Waals surface area contributed by atoms with Crippen LogP contribution in [0, 0.1) is 0 Å². The molecule has 2 aromatic carbocycles. The first-order valence-corrected chi connectivity index (χ1v) is 8.44. The Balaban J connectivity index is 2.43. The second-order valence-electron chi connectivity index (χ2n) is 6.10. The van der Waals surface area contributed by atoms with Crippen LogP contribution in [0.1, 0.15) is 30.0 Å². The van der Waals surface area contributed by atoms with Gasteiger partial charge in [0.1, 0.15) is 11.5 Å². The quantitative estimate of drug-likeness (QED) is 0.259. The normalized spacial score (nSPS) is 10.6. The Kier molecular flexibility index (Phi) is 6.94. The molecule has 0 unspecified atom stereocenters. The average Bonchev–Trinajstić information content (AvgIpc) is 2.65. The van der Waals surface area contributed by atoms with Gasteiger partial charge in [0.05, 0.1) is 7.11 Å². The zero-order chi connectivity index (χ0) is 19.8. The molecule has 0 bridgehead atoms. The number of carboxylic acid groups (broad SMARTS) is 1. The van der Waals surface area contributed by atoms with E-state index in [1.54, 1.807) is 6.07 Å². The Bertz CT molecular complexity index is 866. The topological polar surface area (TPSA) is 72.8 Å². The standard InChI is InChI=1S/C22H22O5/c1-15(2)9-12-18-19(26-3)13-17(11-10-16-7-5-4-6-8-16)14-20(18)27-22(25)21(23)24/h4-8,10-11,13-14H,1,9,12H2,2-3H3,(H,23,24)/b11-10+. The molecule has 5 nitrogen and oxygen atoms in total. The van der Waals surface area contributed by atoms with Crippen LogP contribution < -0.4 is 9.47 Å². The highest BCUT2D eigenvalue weighted by Gasteiger charge is 2.19. The second-order valence-corrected chi connectivity index (χ2v) is 6.10. The number of carbonyl (C=O) groups is 2. The van der Waals surface area contributed by atoms with Crippen LogP contribution >= 0.6 is 0 Å². The van der Waals surface area contributed by atoms with Gasteiger partial charge in [0.15, 0.2) is 0 Å². The molecule has 0 aliphatic rings. The Hall–Kier alpha value is -3.34. The number of esters is 1. The number of benzene rings is 2. The SMILES string of the molecule is C=C(C)CCc1c(OC)cc(/C=C/c2ccccc2)cc1OC(=O)C(=O)O. The lowest BCUT2D eigenvalue weighted by molar-refractivity contribution is -0.158. The summed E-state index contributed by atoms with van der Waals surface area (Å²) in [6.45, 7) is 5.77. The summed E-state index contributed by atoms with van der Waals surface area (Å²) < 4.78 is 10.5. The van der Waals surface area contributed by atoms with E-state index in [1.165, 1.54) is 7.11 Å². The molecule has 2 aromatic rings. The number of aliphatic carboxylic acids is 1. The predicted octanol–water partition coefficient (Wildman–Crippen LogP) is 4.36. The fourth-order valence-corrected chi connectivity index (χ4v) is 2.49. The second kappa shape index (κ2) is 9.38. The highest BCUT2D eigenvalue weighted by molar-refractivity contribution is 6.29. The molecule has 0 saturated carbocycles. The molecule has 0 aromatic heterocycles. The third-order valence-corrected chi connectivity index (χ3v) is 3.86. The first kappa shape index (κ1) is 20.0. The van der Waals surface area contributed by atoms with Crippen molar-refractivity contribution >= 4 is 24.1 Å². The Morgan fingerprint density at radius 2 is 1.70 bits per heavy atom. The van der Waals surface area contributed by atoms with E-state index in [0.29, 0.717) is 24.2 Å². The van der Waals surface area contributed by atoms with Crippen molar-refractivity contribution in [1.82, 2.24) is 0 Å². The van der Waals surface area contributed by atoms with Crippen molar-refractivity contribution in [2.45, 2.75) is 19.8 Å². The van der Waals surface area contributed by atoms with Crippen LogP contribution in [0.4, 0.5) is 0 Å². The van der Waals surface area contributed by atoms with Gasteiger partial charge in [-0.05, 0) is 43.0 Å². The highest BCUT2D eigenvalue weighted by Crippen LogP contribution is 2.33. The van der Waals surface area contributed by atoms with E-state index >= 15 is 0 Å². The molecule has 0 aliphatic heterocycles. The van der Waals surface area contributed by atoms with E-state index < -0.39 is 11.9 Å². The van der Waals surface area contributed by atoms with Crippen molar-refractivity contribution in [1.29, 1.82) is 0 Å². The number of hydrogen-bond donors (Lipinski definition) is 1. The van der Waals surface area contributed by atoms with Crippen LogP contribution in [-0.2, 0) is 16.0 Å². The lowest BCUT2D eigenvalue weighted by Gasteiger charge is -2.15. The molecule has 0 amide bonds. The van der Waals surface area contributed by atoms with Crippen LogP contribution in [0.5, 0.6) is 11.5 Å². The fraction of sp³-hybridized carbons (Fsp3) is 0.182. The molecular formula is C22H22O5. The zero-order valence-electron chi connectivity index (χ0n) is 15.4. The number of methoxy groups -OCH3 is 1. The number of ether oxygens (including phenoxy) is 2. The molecule has 0 radical (unpaired) electrons. The van der Waals surface area contributed by atoms with Gasteiger partial charge < -0.3 is 14.6 Å². The minimum Gasteiger partial charge on any atom is -0.496 e. The summed E-state index contributed by atoms with van der Waals surface area (Å²) in [7, 11) is 1.52. The average molecular weight is 366 g/mol. The van der Waals surface area contributed by atoms with E-state index in [4.69, 9.17) is 14.6 Å². The van der Waals surface area contributed by atoms with Crippen molar-refractivity contribution in [3.63, 3.8) is 0 Å². The maximum Gasteiger partial charge on any atom is 0.422 e. The van der Waals surface area contributed by atoms with Gasteiger partial charge in [-0.25, -0.2) is 9.59 Å². The largest absolute Gasteiger partial charge is 0.496 e. The molecule has 140 valence electrons. The van der Waals surface area contributed by atoms with Crippen molar-refractivity contribution in [3.8, 4) is 11.5 Å². The molecule has 0 heterocycles. The summed E-state index contributed by atoms with van der Waals surface area (Å²) in [6.07, 6.45) is 4.93. The summed E-state index contributed by atoms with van der Waals surface area (Å²) in [4.78, 5) is 22.5. The van der Waals surface area contributed by atoms with Crippen LogP contribution in [0.3, 0.4) is 0 Å². The first-order chi connectivity index (χ1) is 12.9. The smallest absolute Gasteiger partial charge is 0.422 e. The molecule has 0 aliphatic carbocycles. The van der Waals surface area contributed by atoms with E-state index in [9.17, 15) is 9.59 Å². The molecule has 0 saturated heterocycles. The predicted molar refractivity (Wildman–Crippen MR) is 105 cm³/mol. The van der Waals surface area contributed by atoms with Gasteiger partial charge in [0.2, 0.25) is 0 Å². The van der Waals surface area contributed by atoms with E-state index in [1.807, 2.05) is 55.5 Å². The number of carbonyl (C=O) groups excluding carboxylic acids is 1. The molecule has 1 N–H and O–H groups in total. The minimum atomic E-state index is -1.65. The van der Waals surface area contributed by atoms with Gasteiger partial charge in [0, 0.05) is 5.56 Å². The van der Waals surface area contributed by atoms with E-state index in [2.05, 4.69) is 6.58 Å². The van der Waals surface area contributed by atoms with E-state index in [0.717, 1.165) is 16.7 Å². The molecule has 2 rings (SSSR count). The Labute approximate surface area is 158 Å². The molecule has 0 atom stereocenters. The first-order valence-electron chi connectivity index (χ1n) is 8.44. The van der Waals surface area contributed by atoms with Crippen LogP contribution in [0.2, 0.25) is 0 Å². The van der Waals surface area contributed by atoms with Crippen LogP contribution in [0.25, 0.3) is 12.2 Å². The molecular weight excluding hydrogens is 344 g/mol. The molecule has 0 spiro atoms. The van der Waals surface area contributed by atoms with Crippen LogP contribution in [0.15, 0.2) is 54.6 Å². The summed E-state index contributed by atoms with van der Waals surface area (Å²) >= 11 is 0. The third-order valence-electron chi connectivity index (χ3n) is 3.86. The van der Waals surface area contributed by atoms with Crippen LogP contribution in [-0.4, -0.2) is 24.2 Å². The van der Waals surface area contributed by atoms with Crippen molar-refractivity contribution < 1.29 is 24.2 Å². The third kappa shape index (κ3) is 5.85. The van der Waals surface area contributed by atoms with Gasteiger partial charge in [-0.1, -0.05) is 48.1 Å². The van der Waals surface area contributed by atoms with Gasteiger partial charge in [-0.2, -0.15) is 0 Å². The monoisotopic (exact) mass is 366 g/mol. The summed E-state index contributed by atoms with van der Waals surface area (Å²) in [5, 5.41) is 8.87. The number of allylic oxidation sites excluding steroid dienone is 1. The maximum atomic E-state index is 11.6. The van der Waals surface area contributed by atoms with Gasteiger partial charge in [0.25, 0.3) is 0 Å². The molecule has 0 fully saturated rings. The van der Waals surface area contributed by atoms with E-state index in [-0.39, 0.29) is 5.75 Å².